The van der Waals surface area contributed by atoms with Crippen molar-refractivity contribution in [2.75, 3.05) is 5.32 Å². The molecule has 0 saturated carbocycles. The second-order valence-corrected chi connectivity index (χ2v) is 5.00. The molecule has 2 N–H and O–H groups in total. The minimum atomic E-state index is -1.38. The van der Waals surface area contributed by atoms with Crippen LogP contribution in [-0.4, -0.2) is 11.0 Å². The highest BCUT2D eigenvalue weighted by atomic mass is 19.1. The highest BCUT2D eigenvalue weighted by Crippen LogP contribution is 2.31. The molecule has 0 radical (unpaired) electrons. The van der Waals surface area contributed by atoms with Crippen LogP contribution in [0.1, 0.15) is 29.2 Å². The average Bonchev–Trinajstić information content (AvgIpc) is 2.46. The van der Waals surface area contributed by atoms with Crippen LogP contribution < -0.4 is 5.32 Å². The summed E-state index contributed by atoms with van der Waals surface area (Å²) in [4.78, 5) is 11.3. The van der Waals surface area contributed by atoms with E-state index in [0.29, 0.717) is 24.1 Å². The van der Waals surface area contributed by atoms with Crippen molar-refractivity contribution in [3.05, 3.63) is 64.7 Å². The van der Waals surface area contributed by atoms with E-state index in [0.717, 1.165) is 17.7 Å². The minimum Gasteiger partial charge on any atom is -0.383 e. The maximum absolute atomic E-state index is 13.7. The number of carbonyl (C=O) groups excluding carboxylic acids is 1. The molecule has 0 bridgehead atoms. The van der Waals surface area contributed by atoms with Crippen LogP contribution in [0.25, 0.3) is 0 Å². The number of aliphatic hydroxyl groups is 1. The summed E-state index contributed by atoms with van der Waals surface area (Å²) in [5.74, 6) is -1.63. The molecule has 0 aromatic heterocycles. The smallest absolute Gasteiger partial charge is 0.224 e. The first kappa shape index (κ1) is 13.7. The van der Waals surface area contributed by atoms with Crippen molar-refractivity contribution in [1.29, 1.82) is 0 Å². The fourth-order valence-corrected chi connectivity index (χ4v) is 2.51. The molecule has 0 saturated heterocycles. The Labute approximate surface area is 120 Å². The molecule has 0 fully saturated rings. The van der Waals surface area contributed by atoms with E-state index in [-0.39, 0.29) is 11.5 Å². The second kappa shape index (κ2) is 5.26. The van der Waals surface area contributed by atoms with Gasteiger partial charge in [0.2, 0.25) is 5.91 Å². The summed E-state index contributed by atoms with van der Waals surface area (Å²) in [7, 11) is 0. The van der Waals surface area contributed by atoms with Gasteiger partial charge in [0.05, 0.1) is 5.56 Å². The lowest BCUT2D eigenvalue weighted by atomic mass is 9.95. The van der Waals surface area contributed by atoms with E-state index in [1.807, 2.05) is 0 Å². The Kier molecular flexibility index (Phi) is 3.43. The van der Waals surface area contributed by atoms with Crippen LogP contribution in [0.5, 0.6) is 0 Å². The Morgan fingerprint density at radius 3 is 2.52 bits per heavy atom. The van der Waals surface area contributed by atoms with Crippen LogP contribution in [0.2, 0.25) is 0 Å². The highest BCUT2D eigenvalue weighted by Gasteiger charge is 2.22. The van der Waals surface area contributed by atoms with Gasteiger partial charge >= 0.3 is 0 Å². The van der Waals surface area contributed by atoms with E-state index >= 15 is 0 Å². The summed E-state index contributed by atoms with van der Waals surface area (Å²) in [6, 6.07) is 8.35. The van der Waals surface area contributed by atoms with Crippen molar-refractivity contribution in [3.63, 3.8) is 0 Å². The highest BCUT2D eigenvalue weighted by molar-refractivity contribution is 5.93. The minimum absolute atomic E-state index is 0.0593. The van der Waals surface area contributed by atoms with Gasteiger partial charge in [0, 0.05) is 12.1 Å². The average molecular weight is 289 g/mol. The zero-order valence-electron chi connectivity index (χ0n) is 11.1. The van der Waals surface area contributed by atoms with E-state index in [1.54, 1.807) is 18.2 Å². The van der Waals surface area contributed by atoms with Gasteiger partial charge in [-0.1, -0.05) is 18.2 Å². The van der Waals surface area contributed by atoms with E-state index in [1.165, 1.54) is 6.07 Å². The largest absolute Gasteiger partial charge is 0.383 e. The molecular formula is C16H13F2NO2. The Morgan fingerprint density at radius 2 is 1.81 bits per heavy atom. The number of aryl methyl sites for hydroxylation is 1. The zero-order valence-corrected chi connectivity index (χ0v) is 11.1. The topological polar surface area (TPSA) is 49.3 Å². The first-order valence-electron chi connectivity index (χ1n) is 6.61. The molecule has 1 aliphatic rings. The zero-order chi connectivity index (χ0) is 15.0. The van der Waals surface area contributed by atoms with Gasteiger partial charge in [0.15, 0.2) is 0 Å². The Morgan fingerprint density at radius 1 is 1.10 bits per heavy atom. The number of hydrogen-bond donors (Lipinski definition) is 2. The molecule has 1 heterocycles. The molecule has 0 spiro atoms. The summed E-state index contributed by atoms with van der Waals surface area (Å²) in [6.45, 7) is 0. The van der Waals surface area contributed by atoms with Crippen molar-refractivity contribution in [1.82, 2.24) is 0 Å². The van der Waals surface area contributed by atoms with Gasteiger partial charge in [-0.15, -0.1) is 0 Å². The molecule has 0 aliphatic carbocycles. The quantitative estimate of drug-likeness (QED) is 0.893. The Balaban J connectivity index is 1.99. The SMILES string of the molecule is O=C1CCc2cc(C(O)c3c(F)cccc3F)ccc2N1. The molecule has 1 atom stereocenters. The number of carbonyl (C=O) groups is 1. The number of aliphatic hydroxyl groups excluding tert-OH is 1. The predicted octanol–water partition coefficient (Wildman–Crippen LogP) is 2.93. The summed E-state index contributed by atoms with van der Waals surface area (Å²) in [5, 5.41) is 13.0. The van der Waals surface area contributed by atoms with Crippen LogP contribution in [0, 0.1) is 11.6 Å². The maximum Gasteiger partial charge on any atom is 0.224 e. The van der Waals surface area contributed by atoms with Crippen LogP contribution >= 0.6 is 0 Å². The van der Waals surface area contributed by atoms with Crippen molar-refractivity contribution in [3.8, 4) is 0 Å². The summed E-state index contributed by atoms with van der Waals surface area (Å²) in [5.41, 5.74) is 1.56. The van der Waals surface area contributed by atoms with Gasteiger partial charge < -0.3 is 10.4 Å². The van der Waals surface area contributed by atoms with Gasteiger partial charge in [-0.25, -0.2) is 8.78 Å². The number of hydrogen-bond acceptors (Lipinski definition) is 2. The maximum atomic E-state index is 13.7. The number of nitrogens with one attached hydrogen (secondary N) is 1. The Bertz CT molecular complexity index is 695. The molecule has 1 aliphatic heterocycles. The second-order valence-electron chi connectivity index (χ2n) is 5.00. The lowest BCUT2D eigenvalue weighted by Crippen LogP contribution is -2.19. The number of anilines is 1. The van der Waals surface area contributed by atoms with Gasteiger partial charge in [-0.2, -0.15) is 0 Å². The van der Waals surface area contributed by atoms with Gasteiger partial charge in [-0.05, 0) is 35.7 Å². The van der Waals surface area contributed by atoms with E-state index in [9.17, 15) is 18.7 Å². The van der Waals surface area contributed by atoms with Crippen molar-refractivity contribution >= 4 is 11.6 Å². The number of fused-ring (bicyclic) bond motifs is 1. The van der Waals surface area contributed by atoms with Crippen LogP contribution in [-0.2, 0) is 11.2 Å². The van der Waals surface area contributed by atoms with Crippen LogP contribution in [0.3, 0.4) is 0 Å². The van der Waals surface area contributed by atoms with E-state index in [2.05, 4.69) is 5.32 Å². The van der Waals surface area contributed by atoms with E-state index in [4.69, 9.17) is 0 Å². The molecule has 3 nitrogen and oxygen atoms in total. The molecule has 2 aromatic carbocycles. The summed E-state index contributed by atoms with van der Waals surface area (Å²) >= 11 is 0. The number of halogens is 2. The third-order valence-electron chi connectivity index (χ3n) is 3.61. The first-order valence-corrected chi connectivity index (χ1v) is 6.61. The lowest BCUT2D eigenvalue weighted by Gasteiger charge is -2.20. The molecule has 108 valence electrons. The third-order valence-corrected chi connectivity index (χ3v) is 3.61. The van der Waals surface area contributed by atoms with Crippen molar-refractivity contribution in [2.24, 2.45) is 0 Å². The number of benzene rings is 2. The number of rotatable bonds is 2. The van der Waals surface area contributed by atoms with Crippen LogP contribution in [0.15, 0.2) is 36.4 Å². The van der Waals surface area contributed by atoms with Gasteiger partial charge in [0.1, 0.15) is 17.7 Å². The van der Waals surface area contributed by atoms with Gasteiger partial charge in [0.25, 0.3) is 0 Å². The van der Waals surface area contributed by atoms with Crippen molar-refractivity contribution < 1.29 is 18.7 Å². The normalized spacial score (nSPS) is 15.3. The predicted molar refractivity (Wildman–Crippen MR) is 73.8 cm³/mol. The molecule has 3 rings (SSSR count). The molecular weight excluding hydrogens is 276 g/mol. The van der Waals surface area contributed by atoms with Crippen LogP contribution in [0.4, 0.5) is 14.5 Å². The molecule has 1 unspecified atom stereocenters. The fourth-order valence-electron chi connectivity index (χ4n) is 2.51. The summed E-state index contributed by atoms with van der Waals surface area (Å²) < 4.78 is 27.4. The lowest BCUT2D eigenvalue weighted by molar-refractivity contribution is -0.116. The van der Waals surface area contributed by atoms with Crippen molar-refractivity contribution in [2.45, 2.75) is 18.9 Å². The third kappa shape index (κ3) is 2.52. The fraction of sp³-hybridized carbons (Fsp3) is 0.188. The molecule has 1 amide bonds. The molecule has 5 heteroatoms. The molecule has 21 heavy (non-hydrogen) atoms. The standard InChI is InChI=1S/C16H13F2NO2/c17-11-2-1-3-12(18)15(11)16(21)10-4-6-13-9(8-10)5-7-14(20)19-13/h1-4,6,8,16,21H,5,7H2,(H,19,20). The van der Waals surface area contributed by atoms with E-state index < -0.39 is 17.7 Å². The monoisotopic (exact) mass is 289 g/mol. The first-order chi connectivity index (χ1) is 10.1. The molecule has 2 aromatic rings. The summed E-state index contributed by atoms with van der Waals surface area (Å²) in [6.07, 6.45) is -0.476. The number of amides is 1. The van der Waals surface area contributed by atoms with Gasteiger partial charge in [-0.3, -0.25) is 4.79 Å². The Hall–Kier alpha value is -2.27.